The van der Waals surface area contributed by atoms with Gasteiger partial charge >= 0.3 is 0 Å². The third-order valence-corrected chi connectivity index (χ3v) is 7.64. The molecule has 1 aliphatic carbocycles. The highest BCUT2D eigenvalue weighted by Crippen LogP contribution is 2.29. The molecule has 2 aromatic carbocycles. The number of rotatable bonds is 16. The first-order chi connectivity index (χ1) is 21.5. The van der Waals surface area contributed by atoms with E-state index in [2.05, 4.69) is 51.2 Å². The normalized spacial score (nSPS) is 16.3. The Hall–Kier alpha value is -4.40. The van der Waals surface area contributed by atoms with Crippen LogP contribution in [0.4, 0.5) is 0 Å². The topological polar surface area (TPSA) is 99.5 Å². The molecule has 2 heterocycles. The Labute approximate surface area is 259 Å². The number of benzene rings is 2. The molecular formula is C36H40N4O4. The highest BCUT2D eigenvalue weighted by atomic mass is 16.5. The second kappa shape index (κ2) is 15.4. The minimum atomic E-state index is -0.876. The number of aliphatic hydroxyl groups is 1. The zero-order valence-corrected chi connectivity index (χ0v) is 25.5. The number of ether oxygens (including phenoxy) is 3. The summed E-state index contributed by atoms with van der Waals surface area (Å²) in [6.45, 7) is 7.68. The van der Waals surface area contributed by atoms with E-state index in [-0.39, 0.29) is 12.0 Å². The van der Waals surface area contributed by atoms with E-state index < -0.39 is 6.10 Å². The molecule has 4 aromatic rings. The first-order valence-corrected chi connectivity index (χ1v) is 15.2. The van der Waals surface area contributed by atoms with E-state index in [0.29, 0.717) is 43.2 Å². The lowest BCUT2D eigenvalue weighted by molar-refractivity contribution is 0.0879. The highest BCUT2D eigenvalue weighted by Gasteiger charge is 2.21. The maximum absolute atomic E-state index is 11.1. The van der Waals surface area contributed by atoms with Crippen molar-refractivity contribution in [1.82, 2.24) is 19.9 Å². The molecule has 0 saturated heterocycles. The monoisotopic (exact) mass is 592 g/mol. The van der Waals surface area contributed by atoms with Crippen LogP contribution in [0.3, 0.4) is 0 Å². The summed E-state index contributed by atoms with van der Waals surface area (Å²) >= 11 is 0. The molecule has 44 heavy (non-hydrogen) atoms. The minimum absolute atomic E-state index is 0.176. The van der Waals surface area contributed by atoms with Crippen LogP contribution in [-0.2, 0) is 11.2 Å². The minimum Gasteiger partial charge on any atom is -0.477 e. The van der Waals surface area contributed by atoms with Crippen LogP contribution in [0.5, 0.6) is 11.8 Å². The lowest BCUT2D eigenvalue weighted by atomic mass is 9.97. The zero-order valence-electron chi connectivity index (χ0n) is 25.5. The van der Waals surface area contributed by atoms with Gasteiger partial charge in [-0.05, 0) is 50.3 Å². The third-order valence-electron chi connectivity index (χ3n) is 7.64. The molecule has 5 rings (SSSR count). The Morgan fingerprint density at radius 1 is 0.864 bits per heavy atom. The molecule has 2 aromatic heterocycles. The van der Waals surface area contributed by atoms with Gasteiger partial charge in [0.2, 0.25) is 11.8 Å². The van der Waals surface area contributed by atoms with Gasteiger partial charge in [-0.3, -0.25) is 0 Å². The Bertz CT molecular complexity index is 1560. The van der Waals surface area contributed by atoms with Gasteiger partial charge in [0.1, 0.15) is 24.9 Å². The number of hydrogen-bond donors (Lipinski definition) is 1. The summed E-state index contributed by atoms with van der Waals surface area (Å²) in [4.78, 5) is 17.3. The van der Waals surface area contributed by atoms with E-state index in [4.69, 9.17) is 14.2 Å². The molecule has 0 spiro atoms. The van der Waals surface area contributed by atoms with Crippen LogP contribution in [0.1, 0.15) is 67.5 Å². The Morgan fingerprint density at radius 3 is 2.30 bits per heavy atom. The van der Waals surface area contributed by atoms with E-state index in [1.807, 2.05) is 68.4 Å². The van der Waals surface area contributed by atoms with Crippen molar-refractivity contribution in [3.05, 3.63) is 131 Å². The lowest BCUT2D eigenvalue weighted by Crippen LogP contribution is -2.13. The van der Waals surface area contributed by atoms with Crippen LogP contribution in [-0.4, -0.2) is 44.9 Å². The number of nitrogens with zero attached hydrogens (tertiary/aromatic N) is 4. The van der Waals surface area contributed by atoms with Gasteiger partial charge in [0.05, 0.1) is 24.6 Å². The molecule has 0 saturated carbocycles. The number of aromatic nitrogens is 4. The molecule has 4 atom stereocenters. The largest absolute Gasteiger partial charge is 0.477 e. The Kier molecular flexibility index (Phi) is 10.8. The van der Waals surface area contributed by atoms with Crippen LogP contribution < -0.4 is 9.47 Å². The summed E-state index contributed by atoms with van der Waals surface area (Å²) < 4.78 is 18.0. The third kappa shape index (κ3) is 8.58. The molecule has 4 unspecified atom stereocenters. The molecule has 0 aliphatic heterocycles. The molecule has 0 amide bonds. The highest BCUT2D eigenvalue weighted by molar-refractivity contribution is 5.32. The molecule has 0 bridgehead atoms. The first-order valence-electron chi connectivity index (χ1n) is 15.2. The van der Waals surface area contributed by atoms with E-state index >= 15 is 0 Å². The number of allylic oxidation sites excluding steroid dienone is 1. The van der Waals surface area contributed by atoms with Crippen LogP contribution in [0.15, 0.2) is 103 Å². The molecule has 8 nitrogen and oxygen atoms in total. The van der Waals surface area contributed by atoms with Gasteiger partial charge < -0.3 is 19.3 Å². The summed E-state index contributed by atoms with van der Waals surface area (Å²) in [5.41, 5.74) is 5.55. The van der Waals surface area contributed by atoms with Gasteiger partial charge in [-0.1, -0.05) is 78.4 Å². The number of aryl methyl sites for hydroxylation is 1. The van der Waals surface area contributed by atoms with E-state index in [1.54, 1.807) is 6.07 Å². The van der Waals surface area contributed by atoms with Crippen molar-refractivity contribution in [2.45, 2.75) is 45.8 Å². The Morgan fingerprint density at radius 2 is 1.57 bits per heavy atom. The summed E-state index contributed by atoms with van der Waals surface area (Å²) in [5.74, 6) is 1.55. The number of aliphatic hydroxyl groups excluding tert-OH is 1. The van der Waals surface area contributed by atoms with Gasteiger partial charge in [0, 0.05) is 30.6 Å². The SMILES string of the molecule is C/C=C/C(CCc1cccc(C(O)c2cc(OCC3C=C3C)ncn2)c1)COc1cc(C(OCC)c2ccccc2)ncn1. The summed E-state index contributed by atoms with van der Waals surface area (Å²) in [7, 11) is 0. The fourth-order valence-corrected chi connectivity index (χ4v) is 5.07. The summed E-state index contributed by atoms with van der Waals surface area (Å²) in [5, 5.41) is 11.1. The molecule has 0 radical (unpaired) electrons. The van der Waals surface area contributed by atoms with Crippen LogP contribution >= 0.6 is 0 Å². The van der Waals surface area contributed by atoms with Crippen LogP contribution in [0, 0.1) is 11.8 Å². The summed E-state index contributed by atoms with van der Waals surface area (Å²) in [6.07, 6.45) is 9.86. The second-order valence-corrected chi connectivity index (χ2v) is 10.9. The quantitative estimate of drug-likeness (QED) is 0.145. The average Bonchev–Trinajstić information content (AvgIpc) is 3.79. The molecular weight excluding hydrogens is 552 g/mol. The van der Waals surface area contributed by atoms with Crippen LogP contribution in [0.2, 0.25) is 0 Å². The van der Waals surface area contributed by atoms with E-state index in [9.17, 15) is 5.11 Å². The zero-order chi connectivity index (χ0) is 30.7. The smallest absolute Gasteiger partial charge is 0.216 e. The second-order valence-electron chi connectivity index (χ2n) is 10.9. The lowest BCUT2D eigenvalue weighted by Gasteiger charge is -2.18. The van der Waals surface area contributed by atoms with Gasteiger partial charge in [-0.2, -0.15) is 0 Å². The number of hydrogen-bond acceptors (Lipinski definition) is 8. The standard InChI is InChI=1S/C36H40N4O4/c1-4-10-27(21-43-34-20-32(38-24-40-34)36(42-5-2)28-12-7-6-8-13-28)16-15-26-11-9-14-29(18-26)35(41)31-19-33(39-23-37-31)44-22-30-17-25(30)3/h4,6-14,17-20,23-24,27,30,35-36,41H,5,15-16,21-22H2,1-3H3/b10-4+. The van der Waals surface area contributed by atoms with E-state index in [0.717, 1.165) is 35.2 Å². The van der Waals surface area contributed by atoms with Crippen molar-refractivity contribution in [2.24, 2.45) is 11.8 Å². The van der Waals surface area contributed by atoms with E-state index in [1.165, 1.54) is 18.2 Å². The molecule has 1 N–H and O–H groups in total. The first kappa shape index (κ1) is 31.0. The van der Waals surface area contributed by atoms with Crippen molar-refractivity contribution in [2.75, 3.05) is 19.8 Å². The molecule has 0 fully saturated rings. The van der Waals surface area contributed by atoms with Gasteiger partial charge in [-0.15, -0.1) is 0 Å². The molecule has 8 heteroatoms. The fourth-order valence-electron chi connectivity index (χ4n) is 5.07. The molecule has 1 aliphatic rings. The van der Waals surface area contributed by atoms with Gasteiger partial charge in [-0.25, -0.2) is 19.9 Å². The van der Waals surface area contributed by atoms with Crippen molar-refractivity contribution < 1.29 is 19.3 Å². The van der Waals surface area contributed by atoms with Gasteiger partial charge in [0.25, 0.3) is 0 Å². The Balaban J connectivity index is 1.18. The predicted octanol–water partition coefficient (Wildman–Crippen LogP) is 6.63. The maximum Gasteiger partial charge on any atom is 0.216 e. The maximum atomic E-state index is 11.1. The van der Waals surface area contributed by atoms with Crippen molar-refractivity contribution in [1.29, 1.82) is 0 Å². The predicted molar refractivity (Wildman–Crippen MR) is 169 cm³/mol. The van der Waals surface area contributed by atoms with Crippen LogP contribution in [0.25, 0.3) is 0 Å². The summed E-state index contributed by atoms with van der Waals surface area (Å²) in [6, 6.07) is 21.6. The van der Waals surface area contributed by atoms with Gasteiger partial charge in [0.15, 0.2) is 0 Å². The van der Waals surface area contributed by atoms with Crippen molar-refractivity contribution >= 4 is 0 Å². The van der Waals surface area contributed by atoms with Crippen molar-refractivity contribution in [3.63, 3.8) is 0 Å². The fraction of sp³-hybridized carbons (Fsp3) is 0.333. The molecule has 228 valence electrons. The average molecular weight is 593 g/mol. The van der Waals surface area contributed by atoms with Crippen molar-refractivity contribution in [3.8, 4) is 11.8 Å².